The number of anilines is 1. The summed E-state index contributed by atoms with van der Waals surface area (Å²) in [6.45, 7) is 6.56. The molecule has 1 saturated heterocycles. The molecule has 0 unspecified atom stereocenters. The van der Waals surface area contributed by atoms with Gasteiger partial charge in [0.15, 0.2) is 0 Å². The Balaban J connectivity index is 1.17. The molecule has 2 atom stereocenters. The van der Waals surface area contributed by atoms with E-state index in [4.69, 9.17) is 0 Å². The zero-order valence-electron chi connectivity index (χ0n) is 18.3. The Hall–Kier alpha value is -1.76. The van der Waals surface area contributed by atoms with E-state index in [0.29, 0.717) is 12.0 Å². The van der Waals surface area contributed by atoms with Gasteiger partial charge in [-0.05, 0) is 68.2 Å². The molecule has 4 rings (SSSR count). The van der Waals surface area contributed by atoms with Crippen molar-refractivity contribution in [1.29, 1.82) is 0 Å². The largest absolute Gasteiger partial charge is 0.416 e. The molecule has 4 nitrogen and oxygen atoms in total. The number of nitrogens with zero attached hydrogens (tertiary/aromatic N) is 2. The van der Waals surface area contributed by atoms with Crippen molar-refractivity contribution in [3.8, 4) is 0 Å². The molecular formula is C24H34F3N3O. The lowest BCUT2D eigenvalue weighted by molar-refractivity contribution is -0.137. The van der Waals surface area contributed by atoms with Crippen LogP contribution in [0.15, 0.2) is 24.3 Å². The summed E-state index contributed by atoms with van der Waals surface area (Å²) in [7, 11) is 0. The van der Waals surface area contributed by atoms with Crippen LogP contribution in [0.25, 0.3) is 0 Å². The number of hydrogen-bond donors (Lipinski definition) is 1. The van der Waals surface area contributed by atoms with Crippen molar-refractivity contribution in [1.82, 2.24) is 10.2 Å². The van der Waals surface area contributed by atoms with E-state index in [1.807, 2.05) is 0 Å². The number of benzene rings is 1. The maximum atomic E-state index is 12.7. The third-order valence-electron chi connectivity index (χ3n) is 7.45. The number of carbonyl (C=O) groups excluding carboxylic acids is 1. The van der Waals surface area contributed by atoms with Crippen LogP contribution in [0.1, 0.15) is 51.0 Å². The third-order valence-corrected chi connectivity index (χ3v) is 7.45. The van der Waals surface area contributed by atoms with Crippen LogP contribution in [0.3, 0.4) is 0 Å². The van der Waals surface area contributed by atoms with Gasteiger partial charge in [-0.15, -0.1) is 0 Å². The summed E-state index contributed by atoms with van der Waals surface area (Å²) in [5, 5.41) is 3.29. The molecular weight excluding hydrogens is 403 g/mol. The molecule has 3 fully saturated rings. The minimum absolute atomic E-state index is 0.164. The van der Waals surface area contributed by atoms with Crippen LogP contribution >= 0.6 is 0 Å². The first-order valence-corrected chi connectivity index (χ1v) is 11.8. The van der Waals surface area contributed by atoms with Gasteiger partial charge in [0.1, 0.15) is 0 Å². The Labute approximate surface area is 183 Å². The molecule has 1 aromatic carbocycles. The zero-order valence-corrected chi connectivity index (χ0v) is 18.3. The number of hydrogen-bond acceptors (Lipinski definition) is 3. The summed E-state index contributed by atoms with van der Waals surface area (Å²) in [6.07, 6.45) is 2.64. The Morgan fingerprint density at radius 3 is 2.26 bits per heavy atom. The fraction of sp³-hybridized carbons (Fsp3) is 0.708. The average molecular weight is 438 g/mol. The number of carbonyl (C=O) groups is 1. The summed E-state index contributed by atoms with van der Waals surface area (Å²) in [5.74, 6) is 1.69. The summed E-state index contributed by atoms with van der Waals surface area (Å²) in [6, 6.07) is 5.80. The van der Waals surface area contributed by atoms with Crippen molar-refractivity contribution in [3.05, 3.63) is 29.8 Å². The lowest BCUT2D eigenvalue weighted by Crippen LogP contribution is -2.47. The molecule has 1 amide bonds. The quantitative estimate of drug-likeness (QED) is 0.709. The maximum Gasteiger partial charge on any atom is 0.416 e. The number of amides is 1. The fourth-order valence-corrected chi connectivity index (χ4v) is 5.18. The topological polar surface area (TPSA) is 35.6 Å². The van der Waals surface area contributed by atoms with Gasteiger partial charge in [0.05, 0.1) is 5.56 Å². The van der Waals surface area contributed by atoms with Gasteiger partial charge in [-0.3, -0.25) is 9.69 Å². The number of halogens is 3. The van der Waals surface area contributed by atoms with E-state index in [-0.39, 0.29) is 11.8 Å². The zero-order chi connectivity index (χ0) is 22.0. The fourth-order valence-electron chi connectivity index (χ4n) is 5.18. The molecule has 1 aliphatic heterocycles. The predicted octanol–water partition coefficient (Wildman–Crippen LogP) is 4.55. The van der Waals surface area contributed by atoms with Gasteiger partial charge < -0.3 is 10.2 Å². The van der Waals surface area contributed by atoms with Crippen LogP contribution in [0.4, 0.5) is 18.9 Å². The van der Waals surface area contributed by atoms with Gasteiger partial charge in [0, 0.05) is 50.4 Å². The summed E-state index contributed by atoms with van der Waals surface area (Å²) in [5.41, 5.74) is 0.237. The molecule has 2 aliphatic carbocycles. The van der Waals surface area contributed by atoms with Crippen molar-refractivity contribution < 1.29 is 18.0 Å². The Morgan fingerprint density at radius 1 is 1.03 bits per heavy atom. The molecule has 2 saturated carbocycles. The first-order valence-electron chi connectivity index (χ1n) is 11.8. The third kappa shape index (κ3) is 5.73. The summed E-state index contributed by atoms with van der Waals surface area (Å²) in [4.78, 5) is 17.1. The molecule has 0 spiro atoms. The minimum atomic E-state index is -4.29. The SMILES string of the molecule is CC[C@H]1CC[C@H](NC(=O)[C@@H]2C[C@H]2CN2CCN(c3ccc(C(F)(F)F)cc3)CC2)CC1. The molecule has 0 radical (unpaired) electrons. The van der Waals surface area contributed by atoms with Crippen molar-refractivity contribution >= 4 is 11.6 Å². The molecule has 0 bridgehead atoms. The van der Waals surface area contributed by atoms with E-state index in [2.05, 4.69) is 22.0 Å². The Morgan fingerprint density at radius 2 is 1.68 bits per heavy atom. The van der Waals surface area contributed by atoms with E-state index in [9.17, 15) is 18.0 Å². The lowest BCUT2D eigenvalue weighted by Gasteiger charge is -2.36. The highest BCUT2D eigenvalue weighted by atomic mass is 19.4. The molecule has 31 heavy (non-hydrogen) atoms. The molecule has 7 heteroatoms. The first kappa shape index (κ1) is 22.4. The van der Waals surface area contributed by atoms with Crippen LogP contribution in [0, 0.1) is 17.8 Å². The van der Waals surface area contributed by atoms with E-state index in [1.54, 1.807) is 12.1 Å². The molecule has 3 aliphatic rings. The smallest absolute Gasteiger partial charge is 0.369 e. The van der Waals surface area contributed by atoms with E-state index >= 15 is 0 Å². The van der Waals surface area contributed by atoms with Crippen molar-refractivity contribution in [2.45, 2.75) is 57.7 Å². The second kappa shape index (κ2) is 9.39. The van der Waals surface area contributed by atoms with Gasteiger partial charge in [0.2, 0.25) is 5.91 Å². The first-order chi connectivity index (χ1) is 14.8. The average Bonchev–Trinajstić information content (AvgIpc) is 3.54. The van der Waals surface area contributed by atoms with Gasteiger partial charge in [-0.25, -0.2) is 0 Å². The second-order valence-corrected chi connectivity index (χ2v) is 9.57. The highest BCUT2D eigenvalue weighted by Crippen LogP contribution is 2.40. The number of piperazine rings is 1. The molecule has 1 aromatic rings. The van der Waals surface area contributed by atoms with Crippen LogP contribution in [-0.4, -0.2) is 49.6 Å². The highest BCUT2D eigenvalue weighted by Gasteiger charge is 2.44. The van der Waals surface area contributed by atoms with E-state index in [0.717, 1.165) is 75.7 Å². The number of nitrogens with one attached hydrogen (secondary N) is 1. The monoisotopic (exact) mass is 437 g/mol. The van der Waals surface area contributed by atoms with Crippen molar-refractivity contribution in [3.63, 3.8) is 0 Å². The Bertz CT molecular complexity index is 735. The molecule has 1 heterocycles. The van der Waals surface area contributed by atoms with Gasteiger partial charge in [-0.2, -0.15) is 13.2 Å². The normalized spacial score (nSPS) is 29.6. The van der Waals surface area contributed by atoms with Crippen LogP contribution in [0.2, 0.25) is 0 Å². The molecule has 1 N–H and O–H groups in total. The van der Waals surface area contributed by atoms with Gasteiger partial charge in [0.25, 0.3) is 0 Å². The lowest BCUT2D eigenvalue weighted by atomic mass is 9.84. The van der Waals surface area contributed by atoms with E-state index < -0.39 is 11.7 Å². The van der Waals surface area contributed by atoms with Crippen molar-refractivity contribution in [2.24, 2.45) is 17.8 Å². The number of alkyl halides is 3. The summed E-state index contributed by atoms with van der Waals surface area (Å²) >= 11 is 0. The van der Waals surface area contributed by atoms with Crippen LogP contribution in [0.5, 0.6) is 0 Å². The molecule has 0 aromatic heterocycles. The van der Waals surface area contributed by atoms with E-state index in [1.165, 1.54) is 19.3 Å². The van der Waals surface area contributed by atoms with Crippen LogP contribution < -0.4 is 10.2 Å². The van der Waals surface area contributed by atoms with Crippen molar-refractivity contribution in [2.75, 3.05) is 37.6 Å². The predicted molar refractivity (Wildman–Crippen MR) is 116 cm³/mol. The van der Waals surface area contributed by atoms with Crippen LogP contribution in [-0.2, 0) is 11.0 Å². The maximum absolute atomic E-state index is 12.7. The number of rotatable bonds is 6. The van der Waals surface area contributed by atoms with Gasteiger partial charge >= 0.3 is 6.18 Å². The highest BCUT2D eigenvalue weighted by molar-refractivity contribution is 5.81. The minimum Gasteiger partial charge on any atom is -0.369 e. The summed E-state index contributed by atoms with van der Waals surface area (Å²) < 4.78 is 38.2. The standard InChI is InChI=1S/C24H34F3N3O/c1-2-17-3-7-20(8-4-17)28-23(31)22-15-18(22)16-29-11-13-30(14-12-29)21-9-5-19(6-10-21)24(25,26)27/h5-6,9-10,17-18,20,22H,2-4,7-8,11-16H2,1H3,(H,28,31)/t17-,18-,20-,22+/m0/s1. The second-order valence-electron chi connectivity index (χ2n) is 9.57. The van der Waals surface area contributed by atoms with Gasteiger partial charge in [-0.1, -0.05) is 13.3 Å². The Kier molecular flexibility index (Phi) is 6.80. The molecule has 172 valence electrons.